The van der Waals surface area contributed by atoms with Crippen molar-refractivity contribution >= 4 is 98.2 Å². The molecule has 128 valence electrons. The highest BCUT2D eigenvalue weighted by Crippen LogP contribution is 2.40. The molecule has 4 nitrogen and oxygen atoms in total. The van der Waals surface area contributed by atoms with Crippen LogP contribution < -0.4 is 0 Å². The molecule has 6 aromatic rings. The van der Waals surface area contributed by atoms with Gasteiger partial charge in [-0.25, -0.2) is 9.97 Å². The molecule has 0 saturated carbocycles. The molecule has 0 unspecified atom stereocenters. The van der Waals surface area contributed by atoms with Crippen LogP contribution >= 0.6 is 43.6 Å². The van der Waals surface area contributed by atoms with Gasteiger partial charge in [-0.15, -0.1) is 0 Å². The van der Waals surface area contributed by atoms with Crippen LogP contribution in [-0.2, 0) is 0 Å². The summed E-state index contributed by atoms with van der Waals surface area (Å²) in [6.07, 6.45) is 0. The first-order valence-electron chi connectivity index (χ1n) is 8.24. The van der Waals surface area contributed by atoms with Crippen molar-refractivity contribution in [1.29, 1.82) is 0 Å². The van der Waals surface area contributed by atoms with Gasteiger partial charge in [-0.3, -0.25) is 0 Å². The second-order valence-electron chi connectivity index (χ2n) is 6.30. The Morgan fingerprint density at radius 3 is 1.37 bits per heavy atom. The number of rotatable bonds is 0. The Kier molecular flexibility index (Phi) is 3.30. The zero-order valence-corrected chi connectivity index (χ0v) is 17.6. The minimum atomic E-state index is 0.787. The topological polar surface area (TPSA) is 51.6 Å². The van der Waals surface area contributed by atoms with Gasteiger partial charge < -0.3 is 0 Å². The monoisotopic (exact) mass is 494 g/mol. The maximum Gasteiger partial charge on any atom is 0.122 e. The van der Waals surface area contributed by atoms with E-state index in [1.165, 1.54) is 22.5 Å². The fraction of sp³-hybridized carbons (Fsp3) is 0. The number of hydrogen-bond donors (Lipinski definition) is 0. The number of aromatic nitrogens is 4. The van der Waals surface area contributed by atoms with E-state index in [0.717, 1.165) is 52.8 Å². The molecule has 7 heteroatoms. The first-order chi connectivity index (χ1) is 13.2. The zero-order valence-electron chi connectivity index (χ0n) is 13.6. The van der Waals surface area contributed by atoms with Crippen LogP contribution in [0.3, 0.4) is 0 Å². The van der Waals surface area contributed by atoms with Gasteiger partial charge in [-0.2, -0.15) is 8.75 Å². The summed E-state index contributed by atoms with van der Waals surface area (Å²) < 4.78 is 10.5. The van der Waals surface area contributed by atoms with E-state index in [2.05, 4.69) is 77.0 Å². The van der Waals surface area contributed by atoms with Crippen molar-refractivity contribution in [3.8, 4) is 0 Å². The van der Waals surface area contributed by atoms with Crippen LogP contribution in [0.4, 0.5) is 0 Å². The third kappa shape index (κ3) is 2.07. The SMILES string of the molecule is Brc1c2nsnc2c(Br)c2nc3c4ccccc4c4ccccc4c3nc12. The molecule has 2 heterocycles. The Morgan fingerprint density at radius 2 is 0.926 bits per heavy atom. The van der Waals surface area contributed by atoms with Crippen molar-refractivity contribution < 1.29 is 0 Å². The number of fused-ring (bicyclic) bond motifs is 8. The molecule has 0 saturated heterocycles. The van der Waals surface area contributed by atoms with Crippen molar-refractivity contribution in [3.63, 3.8) is 0 Å². The number of nitrogens with zero attached hydrogens (tertiary/aromatic N) is 4. The van der Waals surface area contributed by atoms with E-state index in [1.54, 1.807) is 0 Å². The summed E-state index contributed by atoms with van der Waals surface area (Å²) in [6.45, 7) is 0. The Morgan fingerprint density at radius 1 is 0.519 bits per heavy atom. The van der Waals surface area contributed by atoms with Crippen molar-refractivity contribution in [2.75, 3.05) is 0 Å². The van der Waals surface area contributed by atoms with Crippen molar-refractivity contribution in [2.24, 2.45) is 0 Å². The molecule has 0 radical (unpaired) electrons. The highest BCUT2D eigenvalue weighted by atomic mass is 79.9. The predicted octanol–water partition coefficient (Wildman–Crippen LogP) is 6.62. The number of hydrogen-bond acceptors (Lipinski definition) is 5. The maximum atomic E-state index is 5.04. The molecule has 0 atom stereocenters. The number of halogens is 2. The minimum absolute atomic E-state index is 0.787. The van der Waals surface area contributed by atoms with E-state index in [0.29, 0.717) is 0 Å². The molecule has 0 aliphatic carbocycles. The van der Waals surface area contributed by atoms with Gasteiger partial charge in [0.15, 0.2) is 0 Å². The largest absolute Gasteiger partial charge is 0.242 e. The van der Waals surface area contributed by atoms with E-state index in [-0.39, 0.29) is 0 Å². The van der Waals surface area contributed by atoms with Gasteiger partial charge in [0.25, 0.3) is 0 Å². The van der Waals surface area contributed by atoms with E-state index in [1.807, 2.05) is 12.1 Å². The molecule has 0 aliphatic heterocycles. The van der Waals surface area contributed by atoms with Crippen LogP contribution in [-0.4, -0.2) is 18.7 Å². The lowest BCUT2D eigenvalue weighted by Crippen LogP contribution is -1.94. The van der Waals surface area contributed by atoms with Gasteiger partial charge in [-0.05, 0) is 42.6 Å². The summed E-state index contributed by atoms with van der Waals surface area (Å²) in [6, 6.07) is 16.7. The average molecular weight is 496 g/mol. The van der Waals surface area contributed by atoms with Crippen molar-refractivity contribution in [2.45, 2.75) is 0 Å². The summed E-state index contributed by atoms with van der Waals surface area (Å²) in [5.41, 5.74) is 4.97. The predicted molar refractivity (Wildman–Crippen MR) is 118 cm³/mol. The van der Waals surface area contributed by atoms with Crippen LogP contribution in [0, 0.1) is 0 Å². The molecule has 4 aromatic carbocycles. The maximum absolute atomic E-state index is 5.04. The second kappa shape index (κ2) is 5.64. The molecular weight excluding hydrogens is 488 g/mol. The molecule has 0 fully saturated rings. The van der Waals surface area contributed by atoms with Gasteiger partial charge in [-0.1, -0.05) is 48.5 Å². The summed E-state index contributed by atoms with van der Waals surface area (Å²) in [4.78, 5) is 10.1. The average Bonchev–Trinajstić information content (AvgIpc) is 3.22. The third-order valence-electron chi connectivity index (χ3n) is 4.87. The van der Waals surface area contributed by atoms with E-state index < -0.39 is 0 Å². The fourth-order valence-corrected chi connectivity index (χ4v) is 5.57. The lowest BCUT2D eigenvalue weighted by Gasteiger charge is -2.11. The molecule has 0 aliphatic rings. The smallest absolute Gasteiger partial charge is 0.122 e. The lowest BCUT2D eigenvalue weighted by molar-refractivity contribution is 1.40. The molecule has 0 amide bonds. The minimum Gasteiger partial charge on any atom is -0.242 e. The molecule has 0 bridgehead atoms. The quantitative estimate of drug-likeness (QED) is 0.175. The Balaban J connectivity index is 1.97. The Bertz CT molecular complexity index is 1440. The molecular formula is C20H8Br2N4S. The van der Waals surface area contributed by atoms with Crippen LogP contribution in [0.25, 0.3) is 54.6 Å². The molecule has 27 heavy (non-hydrogen) atoms. The first-order valence-corrected chi connectivity index (χ1v) is 10.6. The normalized spacial score (nSPS) is 12.1. The van der Waals surface area contributed by atoms with Crippen molar-refractivity contribution in [1.82, 2.24) is 18.7 Å². The summed E-state index contributed by atoms with van der Waals surface area (Å²) in [5.74, 6) is 0. The molecule has 6 rings (SSSR count). The van der Waals surface area contributed by atoms with E-state index in [4.69, 9.17) is 9.97 Å². The van der Waals surface area contributed by atoms with E-state index >= 15 is 0 Å². The van der Waals surface area contributed by atoms with Crippen LogP contribution in [0.2, 0.25) is 0 Å². The van der Waals surface area contributed by atoms with Gasteiger partial charge >= 0.3 is 0 Å². The zero-order chi connectivity index (χ0) is 18.1. The summed E-state index contributed by atoms with van der Waals surface area (Å²) in [5, 5.41) is 4.56. The van der Waals surface area contributed by atoms with Gasteiger partial charge in [0.1, 0.15) is 22.1 Å². The second-order valence-corrected chi connectivity index (χ2v) is 8.41. The highest BCUT2D eigenvalue weighted by molar-refractivity contribution is 9.11. The fourth-order valence-electron chi connectivity index (χ4n) is 3.67. The Hall–Kier alpha value is -2.22. The summed E-state index contributed by atoms with van der Waals surface area (Å²) >= 11 is 8.54. The van der Waals surface area contributed by atoms with E-state index in [9.17, 15) is 0 Å². The van der Waals surface area contributed by atoms with Crippen molar-refractivity contribution in [3.05, 3.63) is 57.5 Å². The molecule has 0 spiro atoms. The highest BCUT2D eigenvalue weighted by Gasteiger charge is 2.19. The van der Waals surface area contributed by atoms with Gasteiger partial charge in [0.05, 0.1) is 31.7 Å². The summed E-state index contributed by atoms with van der Waals surface area (Å²) in [7, 11) is 0. The lowest BCUT2D eigenvalue weighted by atomic mass is 9.99. The third-order valence-corrected chi connectivity index (χ3v) is 6.90. The number of benzene rings is 4. The van der Waals surface area contributed by atoms with Gasteiger partial charge in [0, 0.05) is 10.8 Å². The molecule has 2 aromatic heterocycles. The van der Waals surface area contributed by atoms with Crippen LogP contribution in [0.1, 0.15) is 0 Å². The van der Waals surface area contributed by atoms with Crippen LogP contribution in [0.15, 0.2) is 57.5 Å². The first kappa shape index (κ1) is 15.8. The standard InChI is InChI=1S/C20H8Br2N4S/c21-13-17-18(14(22)20-19(13)25-27-26-20)24-16-12-8-4-2-6-10(12)9-5-1-3-7-11(9)15(16)23-17/h1-8H. The molecule has 0 N–H and O–H groups in total. The Labute approximate surface area is 173 Å². The van der Waals surface area contributed by atoms with Gasteiger partial charge in [0.2, 0.25) is 0 Å². The van der Waals surface area contributed by atoms with Crippen LogP contribution in [0.5, 0.6) is 0 Å².